The maximum Gasteiger partial charge on any atom is 0.175 e. The van der Waals surface area contributed by atoms with E-state index in [4.69, 9.17) is 0 Å². The Kier molecular flexibility index (Phi) is 2.62. The number of carbonyl (C=O) groups excluding carboxylic acids is 1. The van der Waals surface area contributed by atoms with Crippen LogP contribution in [0.4, 0.5) is 0 Å². The second kappa shape index (κ2) is 3.02. The van der Waals surface area contributed by atoms with Crippen molar-refractivity contribution in [3.63, 3.8) is 0 Å². The molecular weight excluding hydrogens is 102 g/mol. The third kappa shape index (κ3) is 2.18. The largest absolute Gasteiger partial charge is 0.360 e. The highest BCUT2D eigenvalue weighted by Crippen LogP contribution is 1.82. The number of hydrogen-bond donors (Lipinski definition) is 1. The quantitative estimate of drug-likeness (QED) is 0.546. The molecule has 44 valence electrons. The summed E-state index contributed by atoms with van der Waals surface area (Å²) in [4.78, 5) is 10.3. The van der Waals surface area contributed by atoms with Gasteiger partial charge in [-0.05, 0) is 6.20 Å². The lowest BCUT2D eigenvalue weighted by Crippen LogP contribution is -2.09. The maximum atomic E-state index is 10.3. The summed E-state index contributed by atoms with van der Waals surface area (Å²) >= 11 is 0. The van der Waals surface area contributed by atoms with Crippen molar-refractivity contribution in [2.75, 3.05) is 0 Å². The SMILES string of the molecule is C=CNC(=C)C(C)=O. The summed E-state index contributed by atoms with van der Waals surface area (Å²) in [6.07, 6.45) is 1.42. The van der Waals surface area contributed by atoms with Crippen molar-refractivity contribution in [3.8, 4) is 0 Å². The Bertz CT molecular complexity index is 126. The minimum absolute atomic E-state index is 0.0649. The van der Waals surface area contributed by atoms with E-state index < -0.39 is 0 Å². The van der Waals surface area contributed by atoms with E-state index in [0.29, 0.717) is 5.70 Å². The molecular formula is C6H9NO. The predicted octanol–water partition coefficient (Wildman–Crippen LogP) is 0.822. The van der Waals surface area contributed by atoms with Crippen LogP contribution >= 0.6 is 0 Å². The van der Waals surface area contributed by atoms with E-state index in [1.807, 2.05) is 0 Å². The van der Waals surface area contributed by atoms with Gasteiger partial charge in [0, 0.05) is 6.92 Å². The van der Waals surface area contributed by atoms with Crippen molar-refractivity contribution in [2.45, 2.75) is 6.92 Å². The zero-order chi connectivity index (χ0) is 6.57. The van der Waals surface area contributed by atoms with Gasteiger partial charge in [-0.2, -0.15) is 0 Å². The first-order valence-corrected chi connectivity index (χ1v) is 2.25. The average Bonchev–Trinajstić information content (AvgIpc) is 1.67. The molecule has 0 spiro atoms. The zero-order valence-electron chi connectivity index (χ0n) is 4.90. The predicted molar refractivity (Wildman–Crippen MR) is 33.2 cm³/mol. The number of Topliss-reactive ketones (excluding diaryl/α,β-unsaturated/α-hetero) is 1. The molecule has 0 unspecified atom stereocenters. The lowest BCUT2D eigenvalue weighted by atomic mass is 10.3. The van der Waals surface area contributed by atoms with Crippen molar-refractivity contribution in [2.24, 2.45) is 0 Å². The normalized spacial score (nSPS) is 7.62. The van der Waals surface area contributed by atoms with Gasteiger partial charge in [0.15, 0.2) is 5.78 Å². The van der Waals surface area contributed by atoms with Crippen molar-refractivity contribution in [1.29, 1.82) is 0 Å². The van der Waals surface area contributed by atoms with Crippen LogP contribution in [0.2, 0.25) is 0 Å². The van der Waals surface area contributed by atoms with Gasteiger partial charge in [0.05, 0.1) is 5.70 Å². The molecule has 0 atom stereocenters. The Morgan fingerprint density at radius 1 is 1.75 bits per heavy atom. The number of ketones is 1. The van der Waals surface area contributed by atoms with Gasteiger partial charge in [-0.15, -0.1) is 0 Å². The van der Waals surface area contributed by atoms with E-state index in [1.165, 1.54) is 13.1 Å². The number of allylic oxidation sites excluding steroid dienone is 1. The standard InChI is InChI=1S/C6H9NO/c1-4-7-5(2)6(3)8/h4,7H,1-2H2,3H3. The van der Waals surface area contributed by atoms with E-state index in [1.54, 1.807) is 0 Å². The van der Waals surface area contributed by atoms with Crippen LogP contribution in [-0.4, -0.2) is 5.78 Å². The van der Waals surface area contributed by atoms with Crippen LogP contribution in [0.15, 0.2) is 25.1 Å². The molecule has 0 aliphatic heterocycles. The van der Waals surface area contributed by atoms with Gasteiger partial charge in [0.1, 0.15) is 0 Å². The minimum Gasteiger partial charge on any atom is -0.360 e. The Labute approximate surface area is 48.9 Å². The van der Waals surface area contributed by atoms with Crippen molar-refractivity contribution >= 4 is 5.78 Å². The Morgan fingerprint density at radius 3 is 2.38 bits per heavy atom. The van der Waals surface area contributed by atoms with Crippen LogP contribution in [0.3, 0.4) is 0 Å². The fourth-order valence-corrected chi connectivity index (χ4v) is 0.225. The average molecular weight is 111 g/mol. The van der Waals surface area contributed by atoms with E-state index >= 15 is 0 Å². The molecule has 0 aromatic heterocycles. The van der Waals surface area contributed by atoms with Crippen LogP contribution < -0.4 is 5.32 Å². The Morgan fingerprint density at radius 2 is 2.25 bits per heavy atom. The minimum atomic E-state index is -0.0649. The first kappa shape index (κ1) is 6.95. The number of carbonyl (C=O) groups is 1. The number of rotatable bonds is 3. The molecule has 0 fully saturated rings. The smallest absolute Gasteiger partial charge is 0.175 e. The maximum absolute atomic E-state index is 10.3. The van der Waals surface area contributed by atoms with Crippen molar-refractivity contribution in [1.82, 2.24) is 5.32 Å². The molecule has 2 heteroatoms. The Balaban J connectivity index is 3.65. The van der Waals surface area contributed by atoms with Gasteiger partial charge in [-0.3, -0.25) is 4.79 Å². The van der Waals surface area contributed by atoms with Crippen LogP contribution in [0, 0.1) is 0 Å². The highest BCUT2D eigenvalue weighted by atomic mass is 16.1. The van der Waals surface area contributed by atoms with Crippen LogP contribution in [-0.2, 0) is 4.79 Å². The summed E-state index contributed by atoms with van der Waals surface area (Å²) in [7, 11) is 0. The third-order valence-corrected chi connectivity index (χ3v) is 0.701. The molecule has 0 radical (unpaired) electrons. The molecule has 0 heterocycles. The molecule has 0 aliphatic carbocycles. The van der Waals surface area contributed by atoms with Crippen molar-refractivity contribution in [3.05, 3.63) is 25.1 Å². The Hall–Kier alpha value is -1.05. The summed E-state index contributed by atoms with van der Waals surface area (Å²) in [5, 5.41) is 2.56. The van der Waals surface area contributed by atoms with Crippen LogP contribution in [0.5, 0.6) is 0 Å². The summed E-state index contributed by atoms with van der Waals surface area (Å²) in [5.41, 5.74) is 0.375. The van der Waals surface area contributed by atoms with E-state index in [0.717, 1.165) is 0 Å². The molecule has 0 aliphatic rings. The van der Waals surface area contributed by atoms with Gasteiger partial charge in [0.2, 0.25) is 0 Å². The van der Waals surface area contributed by atoms with E-state index in [-0.39, 0.29) is 5.78 Å². The molecule has 0 bridgehead atoms. The number of nitrogens with one attached hydrogen (secondary N) is 1. The van der Waals surface area contributed by atoms with E-state index in [9.17, 15) is 4.79 Å². The fourth-order valence-electron chi connectivity index (χ4n) is 0.225. The summed E-state index contributed by atoms with van der Waals surface area (Å²) in [6, 6.07) is 0. The first-order valence-electron chi connectivity index (χ1n) is 2.25. The summed E-state index contributed by atoms with van der Waals surface area (Å²) in [6.45, 7) is 8.21. The molecule has 0 aromatic carbocycles. The van der Waals surface area contributed by atoms with Gasteiger partial charge < -0.3 is 5.32 Å². The molecule has 0 amide bonds. The molecule has 0 saturated heterocycles. The lowest BCUT2D eigenvalue weighted by Gasteiger charge is -1.95. The van der Waals surface area contributed by atoms with Gasteiger partial charge >= 0.3 is 0 Å². The topological polar surface area (TPSA) is 29.1 Å². The zero-order valence-corrected chi connectivity index (χ0v) is 4.90. The molecule has 1 N–H and O–H groups in total. The van der Waals surface area contributed by atoms with Gasteiger partial charge in [0.25, 0.3) is 0 Å². The van der Waals surface area contributed by atoms with Gasteiger partial charge in [-0.1, -0.05) is 13.2 Å². The lowest BCUT2D eigenvalue weighted by molar-refractivity contribution is -0.113. The third-order valence-electron chi connectivity index (χ3n) is 0.701. The van der Waals surface area contributed by atoms with E-state index in [2.05, 4.69) is 18.5 Å². The molecule has 2 nitrogen and oxygen atoms in total. The molecule has 0 rings (SSSR count). The van der Waals surface area contributed by atoms with Crippen molar-refractivity contribution < 1.29 is 4.79 Å². The molecule has 0 aromatic rings. The molecule has 8 heavy (non-hydrogen) atoms. The summed E-state index contributed by atoms with van der Waals surface area (Å²) < 4.78 is 0. The second-order valence-corrected chi connectivity index (χ2v) is 1.38. The monoisotopic (exact) mass is 111 g/mol. The fraction of sp³-hybridized carbons (Fsp3) is 0.167. The summed E-state index contributed by atoms with van der Waals surface area (Å²) in [5.74, 6) is -0.0649. The van der Waals surface area contributed by atoms with Crippen LogP contribution in [0.1, 0.15) is 6.92 Å². The number of hydrogen-bond acceptors (Lipinski definition) is 2. The highest BCUT2D eigenvalue weighted by molar-refractivity contribution is 5.92. The van der Waals surface area contributed by atoms with Crippen LogP contribution in [0.25, 0.3) is 0 Å². The molecule has 0 saturated carbocycles. The highest BCUT2D eigenvalue weighted by Gasteiger charge is 1.92. The second-order valence-electron chi connectivity index (χ2n) is 1.38. The van der Waals surface area contributed by atoms with Gasteiger partial charge in [-0.25, -0.2) is 0 Å². The first-order chi connectivity index (χ1) is 3.68.